The number of carboxylic acid groups (broad SMARTS) is 1. The number of ether oxygens (including phenoxy) is 1. The summed E-state index contributed by atoms with van der Waals surface area (Å²) in [5.74, 6) is -0.0397. The number of rotatable bonds is 10. The van der Waals surface area contributed by atoms with E-state index in [9.17, 15) is 19.5 Å². The van der Waals surface area contributed by atoms with Crippen molar-refractivity contribution in [1.82, 2.24) is 20.4 Å². The van der Waals surface area contributed by atoms with Crippen LogP contribution in [0.2, 0.25) is 0 Å². The monoisotopic (exact) mass is 502 g/mol. The lowest BCUT2D eigenvalue weighted by molar-refractivity contribution is -0.156. The molecule has 3 rings (SSSR count). The Labute approximate surface area is 214 Å². The molecule has 36 heavy (non-hydrogen) atoms. The molecule has 2 aliphatic carbocycles. The van der Waals surface area contributed by atoms with Crippen molar-refractivity contribution in [1.29, 1.82) is 0 Å². The molecule has 0 saturated heterocycles. The lowest BCUT2D eigenvalue weighted by atomic mass is 9.58. The minimum Gasteiger partial charge on any atom is -0.481 e. The van der Waals surface area contributed by atoms with E-state index in [1.807, 2.05) is 34.6 Å². The molecule has 0 spiro atoms. The number of carboxylic acids is 1. The van der Waals surface area contributed by atoms with Crippen LogP contribution in [0.5, 0.6) is 5.88 Å². The van der Waals surface area contributed by atoms with Gasteiger partial charge in [0.25, 0.3) is 5.91 Å². The van der Waals surface area contributed by atoms with Crippen molar-refractivity contribution in [3.63, 3.8) is 0 Å². The van der Waals surface area contributed by atoms with Crippen LogP contribution in [0, 0.1) is 23.2 Å². The molecule has 3 unspecified atom stereocenters. The molecule has 0 radical (unpaired) electrons. The Morgan fingerprint density at radius 3 is 2.67 bits per heavy atom. The highest BCUT2D eigenvalue weighted by molar-refractivity contribution is 5.96. The maximum atomic E-state index is 13.3. The van der Waals surface area contributed by atoms with Gasteiger partial charge in [0.2, 0.25) is 11.8 Å². The van der Waals surface area contributed by atoms with Gasteiger partial charge < -0.3 is 20.5 Å². The minimum atomic E-state index is -0.699. The van der Waals surface area contributed by atoms with E-state index in [-0.39, 0.29) is 29.7 Å². The van der Waals surface area contributed by atoms with Crippen molar-refractivity contribution in [2.75, 3.05) is 6.61 Å². The number of fused-ring (bicyclic) bond motifs is 2. The number of aromatic nitrogens is 2. The fourth-order valence-corrected chi connectivity index (χ4v) is 5.71. The first-order valence-electron chi connectivity index (χ1n) is 13.0. The van der Waals surface area contributed by atoms with Gasteiger partial charge in [0.1, 0.15) is 5.56 Å². The van der Waals surface area contributed by atoms with Gasteiger partial charge >= 0.3 is 5.97 Å². The molecule has 3 N–H and O–H groups in total. The second kappa shape index (κ2) is 11.0. The summed E-state index contributed by atoms with van der Waals surface area (Å²) in [5.41, 5.74) is -0.941. The van der Waals surface area contributed by atoms with Gasteiger partial charge in [-0.15, -0.1) is 0 Å². The SMILES string of the molecule is CC(=O)NC(C)(C)/C=C/n1ncc(C(=O)NC(C)C2CC3CCC[C@@](C(=O)O)(C3)C2)c1OCC(C)C. The summed E-state index contributed by atoms with van der Waals surface area (Å²) in [6.07, 6.45) is 9.99. The second-order valence-electron chi connectivity index (χ2n) is 11.7. The van der Waals surface area contributed by atoms with Crippen LogP contribution in [0.4, 0.5) is 0 Å². The van der Waals surface area contributed by atoms with E-state index in [0.29, 0.717) is 30.4 Å². The van der Waals surface area contributed by atoms with E-state index in [0.717, 1.165) is 32.1 Å². The maximum Gasteiger partial charge on any atom is 0.309 e. The molecule has 2 fully saturated rings. The van der Waals surface area contributed by atoms with Gasteiger partial charge in [0, 0.05) is 19.2 Å². The molecule has 1 aromatic heterocycles. The highest BCUT2D eigenvalue weighted by Crippen LogP contribution is 2.51. The largest absolute Gasteiger partial charge is 0.481 e. The van der Waals surface area contributed by atoms with Crippen molar-refractivity contribution >= 4 is 24.0 Å². The molecule has 2 amide bonds. The van der Waals surface area contributed by atoms with Crippen LogP contribution in [0.15, 0.2) is 12.3 Å². The standard InChI is InChI=1S/C27H42N4O5/c1-17(2)16-36-24-22(15-28-31(24)11-10-26(5,6)30-19(4)32)23(33)29-18(3)21-12-20-8-7-9-27(13-20,14-21)25(34)35/h10-11,15,17-18,20-21H,7-9,12-14,16H2,1-6H3,(H,29,33)(H,30,32)(H,34,35)/b11-10+/t18?,20?,21?,27-/m1/s1. The minimum absolute atomic E-state index is 0.109. The Morgan fingerprint density at radius 1 is 1.31 bits per heavy atom. The number of nitrogens with one attached hydrogen (secondary N) is 2. The van der Waals surface area contributed by atoms with E-state index in [4.69, 9.17) is 4.74 Å². The van der Waals surface area contributed by atoms with Crippen molar-refractivity contribution in [3.05, 3.63) is 17.8 Å². The quantitative estimate of drug-likeness (QED) is 0.443. The molecule has 200 valence electrons. The summed E-state index contributed by atoms with van der Waals surface area (Å²) in [6, 6.07) is -0.173. The Kier molecular flexibility index (Phi) is 8.52. The van der Waals surface area contributed by atoms with Crippen LogP contribution in [0.1, 0.15) is 90.4 Å². The first kappa shape index (κ1) is 27.7. The number of amides is 2. The molecule has 1 aromatic rings. The molecule has 1 heterocycles. The Bertz CT molecular complexity index is 998. The first-order valence-corrected chi connectivity index (χ1v) is 13.0. The summed E-state index contributed by atoms with van der Waals surface area (Å²) in [4.78, 5) is 36.9. The van der Waals surface area contributed by atoms with Crippen LogP contribution in [-0.2, 0) is 9.59 Å². The van der Waals surface area contributed by atoms with Gasteiger partial charge in [0.15, 0.2) is 0 Å². The molecule has 0 aliphatic heterocycles. The molecule has 0 aromatic carbocycles. The number of hydrogen-bond donors (Lipinski definition) is 3. The average Bonchev–Trinajstić information content (AvgIpc) is 3.18. The molecular weight excluding hydrogens is 460 g/mol. The predicted octanol–water partition coefficient (Wildman–Crippen LogP) is 4.09. The van der Waals surface area contributed by atoms with E-state index >= 15 is 0 Å². The van der Waals surface area contributed by atoms with Crippen LogP contribution in [0.25, 0.3) is 6.20 Å². The van der Waals surface area contributed by atoms with Crippen molar-refractivity contribution in [2.45, 2.75) is 91.6 Å². The summed E-state index contributed by atoms with van der Waals surface area (Å²) in [5, 5.41) is 20.3. The van der Waals surface area contributed by atoms with Crippen LogP contribution < -0.4 is 15.4 Å². The van der Waals surface area contributed by atoms with Crippen LogP contribution in [0.3, 0.4) is 0 Å². The Morgan fingerprint density at radius 2 is 2.03 bits per heavy atom. The average molecular weight is 503 g/mol. The third-order valence-corrected chi connectivity index (χ3v) is 7.43. The Hall–Kier alpha value is -2.84. The summed E-state index contributed by atoms with van der Waals surface area (Å²) < 4.78 is 7.51. The molecule has 9 nitrogen and oxygen atoms in total. The topological polar surface area (TPSA) is 123 Å². The third-order valence-electron chi connectivity index (χ3n) is 7.43. The lowest BCUT2D eigenvalue weighted by Crippen LogP contribution is -2.48. The van der Waals surface area contributed by atoms with Crippen LogP contribution in [-0.4, -0.2) is 50.9 Å². The van der Waals surface area contributed by atoms with Gasteiger partial charge in [-0.1, -0.05) is 26.7 Å². The van der Waals surface area contributed by atoms with Gasteiger partial charge in [-0.3, -0.25) is 14.4 Å². The zero-order chi connectivity index (χ0) is 26.7. The first-order chi connectivity index (χ1) is 16.8. The predicted molar refractivity (Wildman–Crippen MR) is 137 cm³/mol. The normalized spacial score (nSPS) is 25.0. The maximum absolute atomic E-state index is 13.3. The highest BCUT2D eigenvalue weighted by Gasteiger charge is 2.49. The van der Waals surface area contributed by atoms with Crippen molar-refractivity contribution in [3.8, 4) is 5.88 Å². The highest BCUT2D eigenvalue weighted by atomic mass is 16.5. The number of aliphatic carboxylic acids is 1. The smallest absolute Gasteiger partial charge is 0.309 e. The fourth-order valence-electron chi connectivity index (χ4n) is 5.71. The molecule has 4 atom stereocenters. The van der Waals surface area contributed by atoms with Gasteiger partial charge in [-0.05, 0) is 70.3 Å². The molecule has 2 aliphatic rings. The van der Waals surface area contributed by atoms with E-state index in [2.05, 4.69) is 15.7 Å². The van der Waals surface area contributed by atoms with Crippen LogP contribution >= 0.6 is 0 Å². The molecular formula is C27H42N4O5. The van der Waals surface area contributed by atoms with Gasteiger partial charge in [-0.25, -0.2) is 4.68 Å². The van der Waals surface area contributed by atoms with Crippen molar-refractivity contribution in [2.24, 2.45) is 23.2 Å². The van der Waals surface area contributed by atoms with E-state index < -0.39 is 16.9 Å². The zero-order valence-corrected chi connectivity index (χ0v) is 22.5. The van der Waals surface area contributed by atoms with Crippen molar-refractivity contribution < 1.29 is 24.2 Å². The number of carbonyl (C=O) groups excluding carboxylic acids is 2. The number of hydrogen-bond acceptors (Lipinski definition) is 5. The molecule has 9 heteroatoms. The lowest BCUT2D eigenvalue weighted by Gasteiger charge is -2.47. The summed E-state index contributed by atoms with van der Waals surface area (Å²) in [6.45, 7) is 11.6. The summed E-state index contributed by atoms with van der Waals surface area (Å²) in [7, 11) is 0. The van der Waals surface area contributed by atoms with Gasteiger partial charge in [0.05, 0.1) is 23.8 Å². The zero-order valence-electron chi connectivity index (χ0n) is 22.5. The second-order valence-corrected chi connectivity index (χ2v) is 11.7. The number of nitrogens with zero attached hydrogens (tertiary/aromatic N) is 2. The molecule has 2 saturated carbocycles. The fraction of sp³-hybridized carbons (Fsp3) is 0.704. The molecule has 2 bridgehead atoms. The third kappa shape index (κ3) is 6.68. The van der Waals surface area contributed by atoms with Gasteiger partial charge in [-0.2, -0.15) is 5.10 Å². The van der Waals surface area contributed by atoms with E-state index in [1.54, 1.807) is 12.3 Å². The summed E-state index contributed by atoms with van der Waals surface area (Å²) >= 11 is 0. The van der Waals surface area contributed by atoms with E-state index in [1.165, 1.54) is 17.8 Å². The number of carbonyl (C=O) groups is 3. The Balaban J connectivity index is 1.78.